The van der Waals surface area contributed by atoms with E-state index in [-0.39, 0.29) is 6.10 Å². The van der Waals surface area contributed by atoms with Gasteiger partial charge in [0.25, 0.3) is 0 Å². The molecule has 0 saturated heterocycles. The number of nitrogens with one attached hydrogen (secondary N) is 1. The second-order valence-corrected chi connectivity index (χ2v) is 3.13. The van der Waals surface area contributed by atoms with E-state index in [1.807, 2.05) is 26.1 Å². The molecule has 0 spiro atoms. The number of hydrogen-bond donors (Lipinski definition) is 1. The molecule has 0 aliphatic rings. The molecule has 0 radical (unpaired) electrons. The van der Waals surface area contributed by atoms with E-state index in [2.05, 4.69) is 11.4 Å². The van der Waals surface area contributed by atoms with Gasteiger partial charge in [-0.2, -0.15) is 5.26 Å². The molecule has 1 aromatic rings. The first kappa shape index (κ1) is 10.6. The van der Waals surface area contributed by atoms with E-state index in [4.69, 9.17) is 10.00 Å². The Hall–Kier alpha value is -1.53. The summed E-state index contributed by atoms with van der Waals surface area (Å²) in [5, 5.41) is 11.7. The monoisotopic (exact) mass is 190 g/mol. The Bertz CT molecular complexity index is 330. The highest BCUT2D eigenvalue weighted by atomic mass is 16.5. The molecular formula is C11H14N2O. The van der Waals surface area contributed by atoms with Crippen molar-refractivity contribution in [3.63, 3.8) is 0 Å². The summed E-state index contributed by atoms with van der Waals surface area (Å²) in [6, 6.07) is 9.25. The van der Waals surface area contributed by atoms with E-state index in [0.717, 1.165) is 12.3 Å². The third-order valence-corrected chi connectivity index (χ3v) is 1.79. The van der Waals surface area contributed by atoms with Crippen molar-refractivity contribution in [2.24, 2.45) is 0 Å². The van der Waals surface area contributed by atoms with Crippen molar-refractivity contribution in [2.75, 3.05) is 13.6 Å². The van der Waals surface area contributed by atoms with Crippen molar-refractivity contribution in [2.45, 2.75) is 13.0 Å². The van der Waals surface area contributed by atoms with Gasteiger partial charge in [0.2, 0.25) is 0 Å². The maximum Gasteiger partial charge on any atom is 0.121 e. The maximum atomic E-state index is 8.68. The zero-order chi connectivity index (χ0) is 10.4. The van der Waals surface area contributed by atoms with Gasteiger partial charge in [-0.15, -0.1) is 0 Å². The summed E-state index contributed by atoms with van der Waals surface area (Å²) < 4.78 is 5.58. The van der Waals surface area contributed by atoms with Crippen LogP contribution in [0.5, 0.6) is 5.75 Å². The van der Waals surface area contributed by atoms with Crippen molar-refractivity contribution in [3.8, 4) is 11.8 Å². The topological polar surface area (TPSA) is 45.0 Å². The SMILES string of the molecule is CNCC(C)Oc1cccc(C#N)c1. The molecule has 1 N–H and O–H groups in total. The van der Waals surface area contributed by atoms with E-state index in [0.29, 0.717) is 5.56 Å². The van der Waals surface area contributed by atoms with E-state index >= 15 is 0 Å². The van der Waals surface area contributed by atoms with Crippen LogP contribution in [0.3, 0.4) is 0 Å². The Kier molecular flexibility index (Phi) is 3.96. The third kappa shape index (κ3) is 3.08. The minimum Gasteiger partial charge on any atom is -0.489 e. The summed E-state index contributed by atoms with van der Waals surface area (Å²) in [5.41, 5.74) is 0.624. The molecule has 74 valence electrons. The van der Waals surface area contributed by atoms with Gasteiger partial charge in [-0.05, 0) is 32.2 Å². The van der Waals surface area contributed by atoms with Crippen molar-refractivity contribution in [1.29, 1.82) is 5.26 Å². The molecule has 0 saturated carbocycles. The smallest absolute Gasteiger partial charge is 0.121 e. The van der Waals surface area contributed by atoms with Crippen LogP contribution in [0.25, 0.3) is 0 Å². The number of hydrogen-bond acceptors (Lipinski definition) is 3. The van der Waals surface area contributed by atoms with Crippen LogP contribution in [0.15, 0.2) is 24.3 Å². The number of nitriles is 1. The van der Waals surface area contributed by atoms with Crippen LogP contribution in [-0.2, 0) is 0 Å². The van der Waals surface area contributed by atoms with Crippen LogP contribution in [0.4, 0.5) is 0 Å². The van der Waals surface area contributed by atoms with Gasteiger partial charge < -0.3 is 10.1 Å². The van der Waals surface area contributed by atoms with Gasteiger partial charge >= 0.3 is 0 Å². The van der Waals surface area contributed by atoms with Gasteiger partial charge in [-0.1, -0.05) is 6.07 Å². The fourth-order valence-electron chi connectivity index (χ4n) is 1.20. The van der Waals surface area contributed by atoms with Crippen LogP contribution < -0.4 is 10.1 Å². The van der Waals surface area contributed by atoms with E-state index in [1.54, 1.807) is 12.1 Å². The minimum absolute atomic E-state index is 0.106. The molecule has 0 bridgehead atoms. The first-order chi connectivity index (χ1) is 6.76. The second kappa shape index (κ2) is 5.25. The molecule has 1 unspecified atom stereocenters. The Morgan fingerprint density at radius 1 is 1.57 bits per heavy atom. The molecule has 1 aromatic carbocycles. The Morgan fingerprint density at radius 2 is 2.36 bits per heavy atom. The minimum atomic E-state index is 0.106. The second-order valence-electron chi connectivity index (χ2n) is 3.13. The summed E-state index contributed by atoms with van der Waals surface area (Å²) >= 11 is 0. The Balaban J connectivity index is 2.63. The molecule has 3 heteroatoms. The van der Waals surface area contributed by atoms with Crippen LogP contribution in [0, 0.1) is 11.3 Å². The first-order valence-electron chi connectivity index (χ1n) is 4.57. The molecule has 0 aliphatic heterocycles. The van der Waals surface area contributed by atoms with Crippen LogP contribution in [0.1, 0.15) is 12.5 Å². The lowest BCUT2D eigenvalue weighted by Crippen LogP contribution is -2.25. The average Bonchev–Trinajstić information content (AvgIpc) is 2.18. The number of nitrogens with zero attached hydrogens (tertiary/aromatic N) is 1. The number of rotatable bonds is 4. The average molecular weight is 190 g/mol. The fourth-order valence-corrected chi connectivity index (χ4v) is 1.20. The predicted octanol–water partition coefficient (Wildman–Crippen LogP) is 1.54. The maximum absolute atomic E-state index is 8.68. The van der Waals surface area contributed by atoms with Crippen molar-refractivity contribution >= 4 is 0 Å². The highest BCUT2D eigenvalue weighted by Gasteiger charge is 2.02. The molecule has 14 heavy (non-hydrogen) atoms. The summed E-state index contributed by atoms with van der Waals surface area (Å²) in [6.45, 7) is 2.77. The Labute approximate surface area is 84.3 Å². The molecule has 1 atom stereocenters. The van der Waals surface area contributed by atoms with Gasteiger partial charge in [0.1, 0.15) is 11.9 Å². The van der Waals surface area contributed by atoms with Crippen molar-refractivity contribution in [1.82, 2.24) is 5.32 Å². The standard InChI is InChI=1S/C11H14N2O/c1-9(8-13-2)14-11-5-3-4-10(6-11)7-12/h3-6,9,13H,8H2,1-2H3. The van der Waals surface area contributed by atoms with E-state index in [9.17, 15) is 0 Å². The summed E-state index contributed by atoms with van der Waals surface area (Å²) in [5.74, 6) is 0.742. The molecule has 0 aliphatic carbocycles. The molecule has 0 heterocycles. The van der Waals surface area contributed by atoms with E-state index in [1.165, 1.54) is 0 Å². The van der Waals surface area contributed by atoms with Crippen molar-refractivity contribution in [3.05, 3.63) is 29.8 Å². The normalized spacial score (nSPS) is 11.8. The highest BCUT2D eigenvalue weighted by molar-refractivity contribution is 5.36. The largest absolute Gasteiger partial charge is 0.489 e. The zero-order valence-electron chi connectivity index (χ0n) is 8.45. The zero-order valence-corrected chi connectivity index (χ0v) is 8.45. The quantitative estimate of drug-likeness (QED) is 0.783. The van der Waals surface area contributed by atoms with Gasteiger partial charge in [0, 0.05) is 6.54 Å². The van der Waals surface area contributed by atoms with Crippen molar-refractivity contribution < 1.29 is 4.74 Å². The summed E-state index contributed by atoms with van der Waals surface area (Å²) in [7, 11) is 1.88. The number of ether oxygens (including phenoxy) is 1. The first-order valence-corrected chi connectivity index (χ1v) is 4.57. The summed E-state index contributed by atoms with van der Waals surface area (Å²) in [6.07, 6.45) is 0.106. The lowest BCUT2D eigenvalue weighted by Gasteiger charge is -2.13. The number of benzene rings is 1. The lowest BCUT2D eigenvalue weighted by molar-refractivity contribution is 0.220. The van der Waals surface area contributed by atoms with E-state index < -0.39 is 0 Å². The molecule has 0 aromatic heterocycles. The van der Waals surface area contributed by atoms with Crippen LogP contribution in [0.2, 0.25) is 0 Å². The predicted molar refractivity (Wildman–Crippen MR) is 55.2 cm³/mol. The fraction of sp³-hybridized carbons (Fsp3) is 0.364. The molecule has 1 rings (SSSR count). The van der Waals surface area contributed by atoms with Gasteiger partial charge in [0.05, 0.1) is 11.6 Å². The van der Waals surface area contributed by atoms with Crippen LogP contribution >= 0.6 is 0 Å². The third-order valence-electron chi connectivity index (χ3n) is 1.79. The van der Waals surface area contributed by atoms with Gasteiger partial charge in [-0.3, -0.25) is 0 Å². The molecule has 0 amide bonds. The highest BCUT2D eigenvalue weighted by Crippen LogP contribution is 2.13. The van der Waals surface area contributed by atoms with Gasteiger partial charge in [0.15, 0.2) is 0 Å². The van der Waals surface area contributed by atoms with Crippen LogP contribution in [-0.4, -0.2) is 19.7 Å². The molecule has 0 fully saturated rings. The van der Waals surface area contributed by atoms with Gasteiger partial charge in [-0.25, -0.2) is 0 Å². The molecular weight excluding hydrogens is 176 g/mol. The Morgan fingerprint density at radius 3 is 3.00 bits per heavy atom. The molecule has 3 nitrogen and oxygen atoms in total. The lowest BCUT2D eigenvalue weighted by atomic mass is 10.2. The summed E-state index contributed by atoms with van der Waals surface area (Å²) in [4.78, 5) is 0. The number of likely N-dealkylation sites (N-methyl/N-ethyl adjacent to an activating group) is 1.